The highest BCUT2D eigenvalue weighted by Gasteiger charge is 2.10. The van der Waals surface area contributed by atoms with Crippen LogP contribution < -0.4 is 5.32 Å². The predicted octanol–water partition coefficient (Wildman–Crippen LogP) is 3.60. The summed E-state index contributed by atoms with van der Waals surface area (Å²) >= 11 is 6.22. The summed E-state index contributed by atoms with van der Waals surface area (Å²) in [4.78, 5) is 8.62. The minimum atomic E-state index is 0.145. The molecule has 100 valence electrons. The molecule has 1 heterocycles. The molecule has 1 aromatic carbocycles. The topological polar surface area (TPSA) is 37.8 Å². The van der Waals surface area contributed by atoms with Crippen molar-refractivity contribution in [3.05, 3.63) is 58.1 Å². The fourth-order valence-corrected chi connectivity index (χ4v) is 2.30. The van der Waals surface area contributed by atoms with E-state index in [9.17, 15) is 0 Å². The van der Waals surface area contributed by atoms with Gasteiger partial charge in [0.15, 0.2) is 0 Å². The van der Waals surface area contributed by atoms with Crippen molar-refractivity contribution < 1.29 is 0 Å². The van der Waals surface area contributed by atoms with Crippen LogP contribution >= 0.6 is 11.6 Å². The lowest BCUT2D eigenvalue weighted by atomic mass is 10.1. The van der Waals surface area contributed by atoms with Crippen molar-refractivity contribution in [2.75, 3.05) is 0 Å². The lowest BCUT2D eigenvalue weighted by Crippen LogP contribution is -2.20. The molecule has 0 saturated heterocycles. The first-order valence-corrected chi connectivity index (χ1v) is 6.71. The third-order valence-electron chi connectivity index (χ3n) is 3.14. The summed E-state index contributed by atoms with van der Waals surface area (Å²) in [5.41, 5.74) is 4.20. The summed E-state index contributed by atoms with van der Waals surface area (Å²) in [6.45, 7) is 6.81. The number of hydrogen-bond donors (Lipinski definition) is 1. The van der Waals surface area contributed by atoms with E-state index < -0.39 is 0 Å². The normalized spacial score (nSPS) is 12.4. The van der Waals surface area contributed by atoms with E-state index in [2.05, 4.69) is 34.3 Å². The van der Waals surface area contributed by atoms with E-state index in [-0.39, 0.29) is 6.04 Å². The molecule has 0 radical (unpaired) electrons. The van der Waals surface area contributed by atoms with Crippen molar-refractivity contribution in [1.29, 1.82) is 0 Å². The highest BCUT2D eigenvalue weighted by Crippen LogP contribution is 2.19. The molecule has 2 rings (SSSR count). The van der Waals surface area contributed by atoms with Crippen LogP contribution in [0.4, 0.5) is 0 Å². The van der Waals surface area contributed by atoms with Gasteiger partial charge >= 0.3 is 0 Å². The van der Waals surface area contributed by atoms with Crippen molar-refractivity contribution in [3.8, 4) is 0 Å². The van der Waals surface area contributed by atoms with Crippen LogP contribution in [0.2, 0.25) is 5.02 Å². The van der Waals surface area contributed by atoms with Gasteiger partial charge in [-0.2, -0.15) is 0 Å². The molecule has 0 fully saturated rings. The first-order valence-electron chi connectivity index (χ1n) is 6.34. The van der Waals surface area contributed by atoms with Crippen molar-refractivity contribution in [3.63, 3.8) is 0 Å². The maximum absolute atomic E-state index is 6.22. The SMILES string of the molecule is Cc1ccc(CNC(C)c2nccnc2C)c(Cl)c1. The maximum Gasteiger partial charge on any atom is 0.0782 e. The molecule has 0 aliphatic heterocycles. The van der Waals surface area contributed by atoms with Gasteiger partial charge in [0.05, 0.1) is 11.4 Å². The number of aryl methyl sites for hydroxylation is 2. The molecule has 1 aromatic heterocycles. The minimum absolute atomic E-state index is 0.145. The molecule has 2 aromatic rings. The first kappa shape index (κ1) is 14.0. The fourth-order valence-electron chi connectivity index (χ4n) is 2.00. The molecule has 4 heteroatoms. The summed E-state index contributed by atoms with van der Waals surface area (Å²) < 4.78 is 0. The number of rotatable bonds is 4. The van der Waals surface area contributed by atoms with Crippen molar-refractivity contribution in [2.45, 2.75) is 33.4 Å². The summed E-state index contributed by atoms with van der Waals surface area (Å²) in [7, 11) is 0. The maximum atomic E-state index is 6.22. The summed E-state index contributed by atoms with van der Waals surface area (Å²) in [5.74, 6) is 0. The third-order valence-corrected chi connectivity index (χ3v) is 3.49. The van der Waals surface area contributed by atoms with Crippen LogP contribution in [0.15, 0.2) is 30.6 Å². The Morgan fingerprint density at radius 3 is 2.63 bits per heavy atom. The quantitative estimate of drug-likeness (QED) is 0.926. The Morgan fingerprint density at radius 2 is 1.95 bits per heavy atom. The molecular formula is C15H18ClN3. The minimum Gasteiger partial charge on any atom is -0.305 e. The van der Waals surface area contributed by atoms with Gasteiger partial charge in [-0.15, -0.1) is 0 Å². The molecule has 0 aliphatic rings. The van der Waals surface area contributed by atoms with Crippen LogP contribution in [0.5, 0.6) is 0 Å². The molecule has 0 saturated carbocycles. The van der Waals surface area contributed by atoms with Gasteiger partial charge in [-0.1, -0.05) is 23.7 Å². The smallest absolute Gasteiger partial charge is 0.0782 e. The number of nitrogens with one attached hydrogen (secondary N) is 1. The molecule has 0 bridgehead atoms. The van der Waals surface area contributed by atoms with Crippen LogP contribution in [0, 0.1) is 13.8 Å². The zero-order chi connectivity index (χ0) is 13.8. The number of nitrogens with zero attached hydrogens (tertiary/aromatic N) is 2. The Hall–Kier alpha value is -1.45. The van der Waals surface area contributed by atoms with E-state index in [1.165, 1.54) is 5.56 Å². The molecule has 1 atom stereocenters. The van der Waals surface area contributed by atoms with E-state index in [0.717, 1.165) is 28.5 Å². The van der Waals surface area contributed by atoms with Gasteiger partial charge in [0.2, 0.25) is 0 Å². The van der Waals surface area contributed by atoms with Crippen molar-refractivity contribution in [1.82, 2.24) is 15.3 Å². The van der Waals surface area contributed by atoms with Crippen LogP contribution in [0.25, 0.3) is 0 Å². The molecule has 1 N–H and O–H groups in total. The molecule has 0 amide bonds. The Balaban J connectivity index is 2.04. The van der Waals surface area contributed by atoms with Crippen LogP contribution in [0.3, 0.4) is 0 Å². The van der Waals surface area contributed by atoms with Gasteiger partial charge in [-0.25, -0.2) is 0 Å². The highest BCUT2D eigenvalue weighted by atomic mass is 35.5. The fraction of sp³-hybridized carbons (Fsp3) is 0.333. The zero-order valence-corrected chi connectivity index (χ0v) is 12.2. The third kappa shape index (κ3) is 3.52. The lowest BCUT2D eigenvalue weighted by Gasteiger charge is -2.15. The highest BCUT2D eigenvalue weighted by molar-refractivity contribution is 6.31. The lowest BCUT2D eigenvalue weighted by molar-refractivity contribution is 0.555. The summed E-state index contributed by atoms with van der Waals surface area (Å²) in [6.07, 6.45) is 3.43. The van der Waals surface area contributed by atoms with Crippen molar-refractivity contribution >= 4 is 11.6 Å². The average Bonchev–Trinajstić information content (AvgIpc) is 2.38. The number of benzene rings is 1. The Bertz CT molecular complexity index is 569. The number of halogens is 1. The predicted molar refractivity (Wildman–Crippen MR) is 78.2 cm³/mol. The van der Waals surface area contributed by atoms with Gasteiger partial charge in [0.25, 0.3) is 0 Å². The van der Waals surface area contributed by atoms with E-state index in [1.807, 2.05) is 19.9 Å². The summed E-state index contributed by atoms with van der Waals surface area (Å²) in [5, 5.41) is 4.23. The monoisotopic (exact) mass is 275 g/mol. The van der Waals surface area contributed by atoms with E-state index in [4.69, 9.17) is 11.6 Å². The second-order valence-corrected chi connectivity index (χ2v) is 5.13. The van der Waals surface area contributed by atoms with E-state index in [0.29, 0.717) is 0 Å². The van der Waals surface area contributed by atoms with Crippen LogP contribution in [-0.4, -0.2) is 9.97 Å². The van der Waals surface area contributed by atoms with Crippen LogP contribution in [-0.2, 0) is 6.54 Å². The standard InChI is InChI=1S/C15H18ClN3/c1-10-4-5-13(14(16)8-10)9-19-12(3)15-11(2)17-6-7-18-15/h4-8,12,19H,9H2,1-3H3. The second-order valence-electron chi connectivity index (χ2n) is 4.72. The average molecular weight is 276 g/mol. The van der Waals surface area contributed by atoms with Gasteiger partial charge in [-0.3, -0.25) is 9.97 Å². The molecule has 0 aliphatic carbocycles. The Morgan fingerprint density at radius 1 is 1.21 bits per heavy atom. The zero-order valence-electron chi connectivity index (χ0n) is 11.4. The van der Waals surface area contributed by atoms with Crippen molar-refractivity contribution in [2.24, 2.45) is 0 Å². The largest absolute Gasteiger partial charge is 0.305 e. The van der Waals surface area contributed by atoms with E-state index >= 15 is 0 Å². The second kappa shape index (κ2) is 6.13. The van der Waals surface area contributed by atoms with Gasteiger partial charge < -0.3 is 5.32 Å². The van der Waals surface area contributed by atoms with Gasteiger partial charge in [0, 0.05) is 30.0 Å². The molecule has 19 heavy (non-hydrogen) atoms. The molecule has 0 spiro atoms. The molecular weight excluding hydrogens is 258 g/mol. The first-order chi connectivity index (χ1) is 9.08. The number of aromatic nitrogens is 2. The molecule has 1 unspecified atom stereocenters. The summed E-state index contributed by atoms with van der Waals surface area (Å²) in [6, 6.07) is 6.25. The Kier molecular flexibility index (Phi) is 4.51. The number of hydrogen-bond acceptors (Lipinski definition) is 3. The van der Waals surface area contributed by atoms with E-state index in [1.54, 1.807) is 12.4 Å². The van der Waals surface area contributed by atoms with Gasteiger partial charge in [0.1, 0.15) is 0 Å². The van der Waals surface area contributed by atoms with Crippen LogP contribution in [0.1, 0.15) is 35.5 Å². The molecule has 3 nitrogen and oxygen atoms in total. The Labute approximate surface area is 119 Å². The van der Waals surface area contributed by atoms with Gasteiger partial charge in [-0.05, 0) is 38.0 Å².